The number of unbranched alkanes of at least 4 members (excludes halogenated alkanes) is 5. The molecule has 1 aliphatic carbocycles. The normalized spacial score (nSPS) is 13.9. The second kappa shape index (κ2) is 8.70. The fourth-order valence-electron chi connectivity index (χ4n) is 3.12. The van der Waals surface area contributed by atoms with Crippen molar-refractivity contribution in [1.29, 1.82) is 0 Å². The second-order valence-corrected chi connectivity index (χ2v) is 6.26. The first kappa shape index (κ1) is 19.0. The topological polar surface area (TPSA) is 72.8 Å². The van der Waals surface area contributed by atoms with Crippen molar-refractivity contribution in [2.45, 2.75) is 51.9 Å². The third kappa shape index (κ3) is 4.03. The summed E-state index contributed by atoms with van der Waals surface area (Å²) in [5.41, 5.74) is 0.607. The van der Waals surface area contributed by atoms with Crippen LogP contribution in [0.4, 0.5) is 0 Å². The van der Waals surface area contributed by atoms with Crippen molar-refractivity contribution in [2.75, 3.05) is 14.2 Å². The number of hydrogen-bond acceptors (Lipinski definition) is 5. The highest BCUT2D eigenvalue weighted by Gasteiger charge is 2.35. The van der Waals surface area contributed by atoms with E-state index in [1.165, 1.54) is 39.5 Å². The molecule has 0 spiro atoms. The van der Waals surface area contributed by atoms with E-state index in [0.717, 1.165) is 19.3 Å². The van der Waals surface area contributed by atoms with Gasteiger partial charge in [-0.25, -0.2) is 0 Å². The van der Waals surface area contributed by atoms with Gasteiger partial charge in [-0.2, -0.15) is 0 Å². The minimum absolute atomic E-state index is 0.130. The minimum Gasteiger partial charge on any atom is -0.507 e. The van der Waals surface area contributed by atoms with Crippen LogP contribution in [0.25, 0.3) is 5.76 Å². The lowest BCUT2D eigenvalue weighted by Gasteiger charge is -2.21. The number of aliphatic hydroxyl groups is 1. The third-order valence-electron chi connectivity index (χ3n) is 4.56. The molecule has 0 aromatic heterocycles. The van der Waals surface area contributed by atoms with Crippen LogP contribution in [0, 0.1) is 0 Å². The average Bonchev–Trinajstić information content (AvgIpc) is 2.63. The molecule has 1 aliphatic rings. The first-order valence-electron chi connectivity index (χ1n) is 8.82. The summed E-state index contributed by atoms with van der Waals surface area (Å²) in [6.07, 6.45) is 6.81. The maximum atomic E-state index is 12.5. The summed E-state index contributed by atoms with van der Waals surface area (Å²) in [6.45, 7) is 2.16. The lowest BCUT2D eigenvalue weighted by Crippen LogP contribution is -2.24. The van der Waals surface area contributed by atoms with Gasteiger partial charge in [-0.3, -0.25) is 9.59 Å². The largest absolute Gasteiger partial charge is 0.507 e. The standard InChI is InChI=1S/C20H26O5/c1-4-5-6-7-8-9-10-14-18(21)17-15(20(23)19(14)22)11-13(24-2)12-16(17)25-3/h11-12,21H,4-10H2,1-3H3. The van der Waals surface area contributed by atoms with Gasteiger partial charge < -0.3 is 14.6 Å². The van der Waals surface area contributed by atoms with E-state index in [9.17, 15) is 14.7 Å². The van der Waals surface area contributed by atoms with E-state index < -0.39 is 11.6 Å². The maximum Gasteiger partial charge on any atom is 0.234 e. The Morgan fingerprint density at radius 3 is 2.24 bits per heavy atom. The summed E-state index contributed by atoms with van der Waals surface area (Å²) in [6, 6.07) is 3.07. The molecule has 1 aromatic rings. The van der Waals surface area contributed by atoms with Gasteiger partial charge in [-0.15, -0.1) is 0 Å². The SMILES string of the molecule is CCCCCCCCC1=C(O)c2c(OC)cc(OC)cc2C(=O)C1=O. The fourth-order valence-corrected chi connectivity index (χ4v) is 3.12. The van der Waals surface area contributed by atoms with E-state index in [1.54, 1.807) is 6.07 Å². The molecule has 0 unspecified atom stereocenters. The molecule has 0 saturated carbocycles. The quantitative estimate of drug-likeness (QED) is 0.527. The summed E-state index contributed by atoms with van der Waals surface area (Å²) < 4.78 is 10.4. The molecule has 2 rings (SSSR count). The molecule has 1 aromatic carbocycles. The molecule has 136 valence electrons. The molecule has 0 heterocycles. The summed E-state index contributed by atoms with van der Waals surface area (Å²) in [4.78, 5) is 24.9. The molecule has 25 heavy (non-hydrogen) atoms. The summed E-state index contributed by atoms with van der Waals surface area (Å²) in [5, 5.41) is 10.6. The summed E-state index contributed by atoms with van der Waals surface area (Å²) >= 11 is 0. The van der Waals surface area contributed by atoms with Crippen LogP contribution in [0.5, 0.6) is 11.5 Å². The van der Waals surface area contributed by atoms with E-state index >= 15 is 0 Å². The van der Waals surface area contributed by atoms with Crippen molar-refractivity contribution in [3.05, 3.63) is 28.8 Å². The van der Waals surface area contributed by atoms with Gasteiger partial charge in [0.1, 0.15) is 17.3 Å². The van der Waals surface area contributed by atoms with E-state index in [-0.39, 0.29) is 22.5 Å². The minimum atomic E-state index is -0.631. The first-order valence-corrected chi connectivity index (χ1v) is 8.82. The van der Waals surface area contributed by atoms with E-state index in [1.807, 2.05) is 0 Å². The Morgan fingerprint density at radius 1 is 0.920 bits per heavy atom. The predicted octanol–water partition coefficient (Wildman–Crippen LogP) is 4.49. The van der Waals surface area contributed by atoms with Gasteiger partial charge in [-0.05, 0) is 18.9 Å². The van der Waals surface area contributed by atoms with Crippen LogP contribution in [0.2, 0.25) is 0 Å². The Kier molecular flexibility index (Phi) is 6.62. The van der Waals surface area contributed by atoms with E-state index in [2.05, 4.69) is 6.92 Å². The van der Waals surface area contributed by atoms with Crippen molar-refractivity contribution in [1.82, 2.24) is 0 Å². The molecule has 1 N–H and O–H groups in total. The molecular weight excluding hydrogens is 320 g/mol. The zero-order valence-electron chi connectivity index (χ0n) is 15.2. The molecule has 0 bridgehead atoms. The zero-order valence-corrected chi connectivity index (χ0v) is 15.2. The van der Waals surface area contributed by atoms with Crippen LogP contribution in [0.1, 0.15) is 67.8 Å². The average molecular weight is 346 g/mol. The van der Waals surface area contributed by atoms with E-state index in [4.69, 9.17) is 9.47 Å². The Bertz CT molecular complexity index is 688. The second-order valence-electron chi connectivity index (χ2n) is 6.26. The molecule has 5 nitrogen and oxygen atoms in total. The van der Waals surface area contributed by atoms with E-state index in [0.29, 0.717) is 17.9 Å². The lowest BCUT2D eigenvalue weighted by atomic mass is 9.85. The monoisotopic (exact) mass is 346 g/mol. The number of ether oxygens (including phenoxy) is 2. The number of hydrogen-bond donors (Lipinski definition) is 1. The van der Waals surface area contributed by atoms with Gasteiger partial charge in [-0.1, -0.05) is 39.0 Å². The van der Waals surface area contributed by atoms with Crippen molar-refractivity contribution in [3.63, 3.8) is 0 Å². The van der Waals surface area contributed by atoms with Crippen LogP contribution in [-0.2, 0) is 4.79 Å². The van der Waals surface area contributed by atoms with Gasteiger partial charge >= 0.3 is 0 Å². The predicted molar refractivity (Wildman–Crippen MR) is 96.4 cm³/mol. The number of fused-ring (bicyclic) bond motifs is 1. The Labute approximate surface area is 148 Å². The van der Waals surface area contributed by atoms with Crippen molar-refractivity contribution < 1.29 is 24.2 Å². The zero-order chi connectivity index (χ0) is 18.4. The van der Waals surface area contributed by atoms with Crippen LogP contribution >= 0.6 is 0 Å². The van der Waals surface area contributed by atoms with Crippen molar-refractivity contribution in [2.24, 2.45) is 0 Å². The number of Topliss-reactive ketones (excluding diaryl/α,β-unsaturated/α-hetero) is 2. The van der Waals surface area contributed by atoms with Gasteiger partial charge in [0.25, 0.3) is 0 Å². The van der Waals surface area contributed by atoms with Crippen molar-refractivity contribution in [3.8, 4) is 11.5 Å². The number of carbonyl (C=O) groups excluding carboxylic acids is 2. The Balaban J connectivity index is 2.26. The highest BCUT2D eigenvalue weighted by Crippen LogP contribution is 2.39. The van der Waals surface area contributed by atoms with Gasteiger partial charge in [0, 0.05) is 17.2 Å². The highest BCUT2D eigenvalue weighted by atomic mass is 16.5. The number of methoxy groups -OCH3 is 2. The smallest absolute Gasteiger partial charge is 0.234 e. The van der Waals surface area contributed by atoms with Crippen LogP contribution in [0.3, 0.4) is 0 Å². The van der Waals surface area contributed by atoms with Gasteiger partial charge in [0.15, 0.2) is 0 Å². The number of benzene rings is 1. The summed E-state index contributed by atoms with van der Waals surface area (Å²) in [5.74, 6) is -0.662. The molecule has 0 aliphatic heterocycles. The number of carbonyl (C=O) groups is 2. The fraction of sp³-hybridized carbons (Fsp3) is 0.500. The molecule has 0 amide bonds. The molecule has 0 saturated heterocycles. The molecular formula is C20H26O5. The van der Waals surface area contributed by atoms with Crippen LogP contribution in [0.15, 0.2) is 17.7 Å². The Hall–Kier alpha value is -2.30. The number of aliphatic hydroxyl groups excluding tert-OH is 1. The van der Waals surface area contributed by atoms with Crippen molar-refractivity contribution >= 4 is 17.3 Å². The highest BCUT2D eigenvalue weighted by molar-refractivity contribution is 6.52. The first-order chi connectivity index (χ1) is 12.0. The van der Waals surface area contributed by atoms with Gasteiger partial charge in [0.2, 0.25) is 11.6 Å². The number of ketones is 2. The molecule has 0 radical (unpaired) electrons. The maximum absolute atomic E-state index is 12.5. The Morgan fingerprint density at radius 2 is 1.60 bits per heavy atom. The van der Waals surface area contributed by atoms with Gasteiger partial charge in [0.05, 0.1) is 19.8 Å². The van der Waals surface area contributed by atoms with Crippen LogP contribution < -0.4 is 9.47 Å². The number of rotatable bonds is 9. The van der Waals surface area contributed by atoms with Crippen LogP contribution in [-0.4, -0.2) is 30.9 Å². The lowest BCUT2D eigenvalue weighted by molar-refractivity contribution is -0.112. The molecule has 0 fully saturated rings. The summed E-state index contributed by atoms with van der Waals surface area (Å²) in [7, 11) is 2.92. The molecule has 0 atom stereocenters. The molecule has 5 heteroatoms. The number of allylic oxidation sites excluding steroid dienone is 1. The third-order valence-corrected chi connectivity index (χ3v) is 4.56.